The molecule has 6 heteroatoms. The van der Waals surface area contributed by atoms with Crippen LogP contribution in [0.5, 0.6) is 0 Å². The lowest BCUT2D eigenvalue weighted by Crippen LogP contribution is -2.54. The van der Waals surface area contributed by atoms with Crippen molar-refractivity contribution < 1.29 is 9.59 Å². The maximum Gasteiger partial charge on any atom is 0.251 e. The van der Waals surface area contributed by atoms with Gasteiger partial charge in [0.1, 0.15) is 6.04 Å². The van der Waals surface area contributed by atoms with Crippen LogP contribution in [0.4, 0.5) is 0 Å². The van der Waals surface area contributed by atoms with Crippen molar-refractivity contribution in [1.29, 1.82) is 0 Å². The fraction of sp³-hybridized carbons (Fsp3) is 0.391. The van der Waals surface area contributed by atoms with Crippen LogP contribution in [-0.2, 0) is 11.3 Å². The number of nitrogens with zero attached hydrogens (tertiary/aromatic N) is 2. The Bertz CT molecular complexity index is 777. The Kier molecular flexibility index (Phi) is 8.14. The van der Waals surface area contributed by atoms with Crippen LogP contribution < -0.4 is 5.32 Å². The van der Waals surface area contributed by atoms with Crippen molar-refractivity contribution in [3.63, 3.8) is 0 Å². The van der Waals surface area contributed by atoms with Gasteiger partial charge in [0, 0.05) is 38.3 Å². The van der Waals surface area contributed by atoms with E-state index in [0.29, 0.717) is 25.1 Å². The maximum absolute atomic E-state index is 13.1. The van der Waals surface area contributed by atoms with E-state index in [-0.39, 0.29) is 11.8 Å². The fourth-order valence-corrected chi connectivity index (χ4v) is 3.98. The quantitative estimate of drug-likeness (QED) is 0.726. The van der Waals surface area contributed by atoms with E-state index in [0.717, 1.165) is 25.4 Å². The van der Waals surface area contributed by atoms with Crippen molar-refractivity contribution in [3.05, 3.63) is 71.8 Å². The van der Waals surface area contributed by atoms with Crippen molar-refractivity contribution in [2.24, 2.45) is 0 Å². The molecule has 3 rings (SSSR count). The summed E-state index contributed by atoms with van der Waals surface area (Å²) in [5.74, 6) is 0.676. The summed E-state index contributed by atoms with van der Waals surface area (Å²) in [5.41, 5.74) is 1.88. The number of benzene rings is 2. The van der Waals surface area contributed by atoms with Gasteiger partial charge in [-0.25, -0.2) is 0 Å². The molecule has 154 valence electrons. The van der Waals surface area contributed by atoms with Crippen LogP contribution in [0.15, 0.2) is 60.7 Å². The highest BCUT2D eigenvalue weighted by Crippen LogP contribution is 2.12. The highest BCUT2D eigenvalue weighted by atomic mass is 32.2. The first-order chi connectivity index (χ1) is 14.2. The van der Waals surface area contributed by atoms with E-state index < -0.39 is 6.04 Å². The molecule has 2 aromatic carbocycles. The van der Waals surface area contributed by atoms with E-state index >= 15 is 0 Å². The Morgan fingerprint density at radius 1 is 0.966 bits per heavy atom. The molecular weight excluding hydrogens is 382 g/mol. The molecule has 0 aromatic heterocycles. The van der Waals surface area contributed by atoms with Crippen LogP contribution in [0.1, 0.15) is 22.3 Å². The average Bonchev–Trinajstić information content (AvgIpc) is 2.78. The summed E-state index contributed by atoms with van der Waals surface area (Å²) in [7, 11) is 0. The second kappa shape index (κ2) is 11.0. The van der Waals surface area contributed by atoms with Gasteiger partial charge in [0.05, 0.1) is 0 Å². The molecule has 0 saturated carbocycles. The number of nitrogens with one attached hydrogen (secondary N) is 1. The normalized spacial score (nSPS) is 15.7. The second-order valence-electron chi connectivity index (χ2n) is 7.26. The van der Waals surface area contributed by atoms with Crippen LogP contribution >= 0.6 is 11.8 Å². The molecule has 0 aliphatic carbocycles. The van der Waals surface area contributed by atoms with Crippen molar-refractivity contribution in [1.82, 2.24) is 15.1 Å². The van der Waals surface area contributed by atoms with Crippen LogP contribution in [0.25, 0.3) is 0 Å². The first-order valence-corrected chi connectivity index (χ1v) is 11.5. The average molecular weight is 412 g/mol. The summed E-state index contributed by atoms with van der Waals surface area (Å²) >= 11 is 1.69. The Balaban J connectivity index is 1.56. The zero-order valence-electron chi connectivity index (χ0n) is 16.9. The fourth-order valence-electron chi connectivity index (χ4n) is 3.51. The number of hydrogen-bond donors (Lipinski definition) is 1. The number of carbonyl (C=O) groups is 2. The van der Waals surface area contributed by atoms with Gasteiger partial charge < -0.3 is 10.2 Å². The summed E-state index contributed by atoms with van der Waals surface area (Å²) < 4.78 is 0. The smallest absolute Gasteiger partial charge is 0.251 e. The molecule has 1 atom stereocenters. The Labute approximate surface area is 177 Å². The molecule has 0 bridgehead atoms. The zero-order valence-corrected chi connectivity index (χ0v) is 17.7. The molecule has 0 radical (unpaired) electrons. The molecular formula is C23H29N3O2S. The standard InChI is InChI=1S/C23H29N3O2S/c1-29-17-12-21(24-22(27)20-10-6-3-7-11-20)23(28)26-15-13-25(14-16-26)18-19-8-4-2-5-9-19/h2-11,21H,12-18H2,1H3,(H,24,27)/t21-/m1/s1. The molecule has 0 unspecified atom stereocenters. The van der Waals surface area contributed by atoms with Gasteiger partial charge in [-0.05, 0) is 36.1 Å². The van der Waals surface area contributed by atoms with E-state index in [2.05, 4.69) is 34.5 Å². The molecule has 1 aliphatic rings. The summed E-state index contributed by atoms with van der Waals surface area (Å²) in [4.78, 5) is 30.0. The molecule has 1 heterocycles. The summed E-state index contributed by atoms with van der Waals surface area (Å²) in [6.07, 6.45) is 2.66. The van der Waals surface area contributed by atoms with Crippen LogP contribution in [0.3, 0.4) is 0 Å². The van der Waals surface area contributed by atoms with Gasteiger partial charge in [-0.15, -0.1) is 0 Å². The van der Waals surface area contributed by atoms with Crippen molar-refractivity contribution in [2.45, 2.75) is 19.0 Å². The molecule has 29 heavy (non-hydrogen) atoms. The summed E-state index contributed by atoms with van der Waals surface area (Å²) in [6.45, 7) is 4.00. The predicted octanol–water partition coefficient (Wildman–Crippen LogP) is 2.88. The van der Waals surface area contributed by atoms with Gasteiger partial charge in [-0.2, -0.15) is 11.8 Å². The summed E-state index contributed by atoms with van der Waals surface area (Å²) in [6, 6.07) is 19.0. The zero-order chi connectivity index (χ0) is 20.5. The minimum Gasteiger partial charge on any atom is -0.340 e. The minimum absolute atomic E-state index is 0.0303. The van der Waals surface area contributed by atoms with Crippen LogP contribution in [-0.4, -0.2) is 65.8 Å². The Morgan fingerprint density at radius 2 is 1.59 bits per heavy atom. The maximum atomic E-state index is 13.1. The third kappa shape index (κ3) is 6.34. The lowest BCUT2D eigenvalue weighted by atomic mass is 10.1. The van der Waals surface area contributed by atoms with Gasteiger partial charge >= 0.3 is 0 Å². The number of hydrogen-bond acceptors (Lipinski definition) is 4. The van der Waals surface area contributed by atoms with E-state index in [4.69, 9.17) is 0 Å². The summed E-state index contributed by atoms with van der Waals surface area (Å²) in [5, 5.41) is 2.96. The SMILES string of the molecule is CSCC[C@@H](NC(=O)c1ccccc1)C(=O)N1CCN(Cc2ccccc2)CC1. The number of amides is 2. The topological polar surface area (TPSA) is 52.7 Å². The molecule has 1 aliphatic heterocycles. The molecule has 5 nitrogen and oxygen atoms in total. The van der Waals surface area contributed by atoms with E-state index in [1.807, 2.05) is 35.4 Å². The first kappa shape index (κ1) is 21.4. The lowest BCUT2D eigenvalue weighted by Gasteiger charge is -2.36. The molecule has 0 spiro atoms. The second-order valence-corrected chi connectivity index (χ2v) is 8.25. The number of thioether (sulfide) groups is 1. The van der Waals surface area contributed by atoms with E-state index in [1.165, 1.54) is 5.56 Å². The molecule has 2 amide bonds. The van der Waals surface area contributed by atoms with E-state index in [9.17, 15) is 9.59 Å². The number of rotatable bonds is 8. The van der Waals surface area contributed by atoms with Gasteiger partial charge in [0.2, 0.25) is 5.91 Å². The van der Waals surface area contributed by atoms with Crippen LogP contribution in [0, 0.1) is 0 Å². The van der Waals surface area contributed by atoms with Crippen LogP contribution in [0.2, 0.25) is 0 Å². The predicted molar refractivity (Wildman–Crippen MR) is 119 cm³/mol. The van der Waals surface area contributed by atoms with Crippen molar-refractivity contribution in [3.8, 4) is 0 Å². The Hall–Kier alpha value is -2.31. The van der Waals surface area contributed by atoms with Gasteiger partial charge in [-0.3, -0.25) is 14.5 Å². The molecule has 1 fully saturated rings. The number of carbonyl (C=O) groups excluding carboxylic acids is 2. The van der Waals surface area contributed by atoms with Crippen molar-refractivity contribution in [2.75, 3.05) is 38.2 Å². The molecule has 2 aromatic rings. The van der Waals surface area contributed by atoms with Crippen molar-refractivity contribution >= 4 is 23.6 Å². The van der Waals surface area contributed by atoms with Gasteiger partial charge in [0.15, 0.2) is 0 Å². The molecule has 1 N–H and O–H groups in total. The lowest BCUT2D eigenvalue weighted by molar-refractivity contribution is -0.135. The van der Waals surface area contributed by atoms with Gasteiger partial charge in [-0.1, -0.05) is 48.5 Å². The Morgan fingerprint density at radius 3 is 2.21 bits per heavy atom. The third-order valence-electron chi connectivity index (χ3n) is 5.18. The minimum atomic E-state index is -0.476. The highest BCUT2D eigenvalue weighted by molar-refractivity contribution is 7.98. The third-order valence-corrected chi connectivity index (χ3v) is 5.83. The first-order valence-electron chi connectivity index (χ1n) is 10.1. The molecule has 1 saturated heterocycles. The highest BCUT2D eigenvalue weighted by Gasteiger charge is 2.28. The number of piperazine rings is 1. The largest absolute Gasteiger partial charge is 0.340 e. The monoisotopic (exact) mass is 411 g/mol. The van der Waals surface area contributed by atoms with E-state index in [1.54, 1.807) is 23.9 Å². The van der Waals surface area contributed by atoms with Gasteiger partial charge in [0.25, 0.3) is 5.91 Å².